The number of carboxylic acids is 1. The number of aromatic nitrogens is 3. The van der Waals surface area contributed by atoms with E-state index in [4.69, 9.17) is 0 Å². The van der Waals surface area contributed by atoms with Gasteiger partial charge in [-0.05, 0) is 23.9 Å². The maximum atomic E-state index is 12.8. The molecule has 3 atom stereocenters. The Kier molecular flexibility index (Phi) is 7.80. The number of hydrogen-bond donors (Lipinski definition) is 2. The maximum absolute atomic E-state index is 12.8. The summed E-state index contributed by atoms with van der Waals surface area (Å²) in [5.41, 5.74) is 0.570. The average Bonchev–Trinajstić information content (AvgIpc) is 3.50. The van der Waals surface area contributed by atoms with Gasteiger partial charge in [0.25, 0.3) is 5.91 Å². The summed E-state index contributed by atoms with van der Waals surface area (Å²) < 4.78 is 14.7. The summed E-state index contributed by atoms with van der Waals surface area (Å²) in [6.45, 7) is 4.68. The van der Waals surface area contributed by atoms with Crippen molar-refractivity contribution in [2.75, 3.05) is 17.3 Å². The number of rotatable bonds is 10. The normalized spacial score (nSPS) is 20.6. The van der Waals surface area contributed by atoms with E-state index in [0.29, 0.717) is 33.0 Å². The van der Waals surface area contributed by atoms with Crippen LogP contribution in [-0.4, -0.2) is 75.4 Å². The first-order valence-corrected chi connectivity index (χ1v) is 14.7. The van der Waals surface area contributed by atoms with Crippen LogP contribution in [0.4, 0.5) is 0 Å². The van der Waals surface area contributed by atoms with Crippen LogP contribution in [0.5, 0.6) is 0 Å². The summed E-state index contributed by atoms with van der Waals surface area (Å²) in [5, 5.41) is 18.7. The monoisotopic (exact) mass is 541 g/mol. The second-order valence-electron chi connectivity index (χ2n) is 7.40. The molecule has 2 amide bonds. The number of fused-ring (bicyclic) bond motifs is 1. The number of aryl methyl sites for hydroxylation is 2. The van der Waals surface area contributed by atoms with E-state index >= 15 is 0 Å². The molecule has 14 heteroatoms. The molecule has 182 valence electrons. The highest BCUT2D eigenvalue weighted by molar-refractivity contribution is 8.01. The predicted molar refractivity (Wildman–Crippen MR) is 131 cm³/mol. The molecule has 0 saturated carbocycles. The Morgan fingerprint density at radius 1 is 1.38 bits per heavy atom. The Labute approximate surface area is 211 Å². The van der Waals surface area contributed by atoms with Crippen LogP contribution >= 0.6 is 34.9 Å². The van der Waals surface area contributed by atoms with Gasteiger partial charge >= 0.3 is 5.97 Å². The molecule has 34 heavy (non-hydrogen) atoms. The number of thioether (sulfide) groups is 2. The Morgan fingerprint density at radius 2 is 2.18 bits per heavy atom. The summed E-state index contributed by atoms with van der Waals surface area (Å²) in [7, 11) is -1.49. The first-order chi connectivity index (χ1) is 16.3. The van der Waals surface area contributed by atoms with E-state index < -0.39 is 40.0 Å². The van der Waals surface area contributed by atoms with E-state index in [-0.39, 0.29) is 11.4 Å². The third-order valence-corrected chi connectivity index (χ3v) is 10.1. The van der Waals surface area contributed by atoms with Crippen molar-refractivity contribution >= 4 is 63.4 Å². The van der Waals surface area contributed by atoms with Crippen LogP contribution in [-0.2, 0) is 38.1 Å². The van der Waals surface area contributed by atoms with Crippen molar-refractivity contribution in [3.8, 4) is 0 Å². The van der Waals surface area contributed by atoms with E-state index in [9.17, 15) is 23.7 Å². The summed E-state index contributed by atoms with van der Waals surface area (Å²) in [6, 6.07) is 2.61. The van der Waals surface area contributed by atoms with Gasteiger partial charge in [-0.25, -0.2) is 14.5 Å². The SMILES string of the molecule is CCc1nc(SCC2=C(C(=O)O)N3C(=O)C(NC(=O)CS(=O)c4cccs4)C3SC2)nn1CC. The molecule has 0 aromatic carbocycles. The van der Waals surface area contributed by atoms with Gasteiger partial charge in [-0.3, -0.25) is 18.7 Å². The predicted octanol–water partition coefficient (Wildman–Crippen LogP) is 1.56. The van der Waals surface area contributed by atoms with Crippen LogP contribution in [0, 0.1) is 0 Å². The molecule has 0 bridgehead atoms. The third-order valence-electron chi connectivity index (χ3n) is 5.27. The fourth-order valence-corrected chi connectivity index (χ4v) is 7.93. The minimum absolute atomic E-state index is 0.0421. The van der Waals surface area contributed by atoms with E-state index in [0.717, 1.165) is 12.2 Å². The third kappa shape index (κ3) is 4.95. The molecule has 1 fully saturated rings. The molecule has 10 nitrogen and oxygen atoms in total. The molecule has 2 aromatic heterocycles. The molecule has 0 radical (unpaired) electrons. The molecule has 2 N–H and O–H groups in total. The van der Waals surface area contributed by atoms with Crippen LogP contribution < -0.4 is 5.32 Å². The quantitative estimate of drug-likeness (QED) is 0.339. The Balaban J connectivity index is 1.42. The Morgan fingerprint density at radius 3 is 2.79 bits per heavy atom. The molecule has 1 saturated heterocycles. The van der Waals surface area contributed by atoms with E-state index in [1.807, 2.05) is 18.5 Å². The lowest BCUT2D eigenvalue weighted by Crippen LogP contribution is -2.70. The summed E-state index contributed by atoms with van der Waals surface area (Å²) in [4.78, 5) is 42.9. The Bertz CT molecular complexity index is 1140. The molecule has 2 aliphatic rings. The van der Waals surface area contributed by atoms with Gasteiger partial charge < -0.3 is 10.4 Å². The minimum atomic E-state index is -1.49. The Hall–Kier alpha value is -2.16. The van der Waals surface area contributed by atoms with Gasteiger partial charge in [0.1, 0.15) is 28.7 Å². The first-order valence-electron chi connectivity index (χ1n) is 10.5. The van der Waals surface area contributed by atoms with Crippen molar-refractivity contribution in [2.45, 2.75) is 47.6 Å². The molecule has 3 unspecified atom stereocenters. The largest absolute Gasteiger partial charge is 0.477 e. The van der Waals surface area contributed by atoms with Crippen LogP contribution in [0.15, 0.2) is 38.1 Å². The van der Waals surface area contributed by atoms with Crippen LogP contribution in [0.25, 0.3) is 0 Å². The molecule has 0 aliphatic carbocycles. The maximum Gasteiger partial charge on any atom is 0.352 e. The smallest absolute Gasteiger partial charge is 0.352 e. The zero-order valence-corrected chi connectivity index (χ0v) is 21.7. The molecule has 4 heterocycles. The second kappa shape index (κ2) is 10.6. The highest BCUT2D eigenvalue weighted by Gasteiger charge is 2.54. The summed E-state index contributed by atoms with van der Waals surface area (Å²) in [6.07, 6.45) is 0.748. The fourth-order valence-electron chi connectivity index (χ4n) is 3.67. The zero-order chi connectivity index (χ0) is 24.4. The highest BCUT2D eigenvalue weighted by atomic mass is 32.2. The topological polar surface area (TPSA) is 134 Å². The minimum Gasteiger partial charge on any atom is -0.477 e. The number of carboxylic acid groups (broad SMARTS) is 1. The van der Waals surface area contributed by atoms with Crippen LogP contribution in [0.3, 0.4) is 0 Å². The van der Waals surface area contributed by atoms with E-state index in [1.165, 1.54) is 39.8 Å². The van der Waals surface area contributed by atoms with Crippen molar-refractivity contribution in [2.24, 2.45) is 0 Å². The lowest BCUT2D eigenvalue weighted by atomic mass is 10.0. The second-order valence-corrected chi connectivity index (χ2v) is 12.1. The number of aliphatic carboxylic acids is 1. The first kappa shape index (κ1) is 24.9. The number of hydrogen-bond acceptors (Lipinski definition) is 9. The number of nitrogens with one attached hydrogen (secondary N) is 1. The standard InChI is InChI=1S/C20H23N5O5S4/c1-3-12-21-20(23-24(12)4-2)33-9-11-8-32-18-15(17(27)25(18)16(11)19(28)29)22-13(26)10-34(30)14-6-5-7-31-14/h5-7,15,18H,3-4,8-10H2,1-2H3,(H,22,26)(H,28,29). The number of amides is 2. The van der Waals surface area contributed by atoms with Crippen molar-refractivity contribution in [1.82, 2.24) is 25.0 Å². The van der Waals surface area contributed by atoms with Crippen molar-refractivity contribution < 1.29 is 23.7 Å². The van der Waals surface area contributed by atoms with Crippen LogP contribution in [0.1, 0.15) is 19.7 Å². The molecule has 2 aromatic rings. The van der Waals surface area contributed by atoms with Gasteiger partial charge in [0.15, 0.2) is 0 Å². The zero-order valence-electron chi connectivity index (χ0n) is 18.4. The van der Waals surface area contributed by atoms with Crippen LogP contribution in [0.2, 0.25) is 0 Å². The summed E-state index contributed by atoms with van der Waals surface area (Å²) >= 11 is 4.04. The average molecular weight is 542 g/mol. The molecule has 4 rings (SSSR count). The lowest BCUT2D eigenvalue weighted by Gasteiger charge is -2.49. The molecular weight excluding hydrogens is 519 g/mol. The lowest BCUT2D eigenvalue weighted by molar-refractivity contribution is -0.150. The molecule has 2 aliphatic heterocycles. The fraction of sp³-hybridized carbons (Fsp3) is 0.450. The summed E-state index contributed by atoms with van der Waals surface area (Å²) in [5.74, 6) is -0.788. The van der Waals surface area contributed by atoms with Gasteiger partial charge in [0.05, 0.1) is 15.0 Å². The van der Waals surface area contributed by atoms with E-state index in [2.05, 4.69) is 15.4 Å². The number of carbonyl (C=O) groups is 3. The van der Waals surface area contributed by atoms with Gasteiger partial charge in [-0.2, -0.15) is 0 Å². The number of β-lactam (4-membered cyclic amide) rings is 1. The van der Waals surface area contributed by atoms with Crippen molar-refractivity contribution in [1.29, 1.82) is 0 Å². The number of carbonyl (C=O) groups excluding carboxylic acids is 2. The van der Waals surface area contributed by atoms with Gasteiger partial charge in [-0.15, -0.1) is 28.2 Å². The van der Waals surface area contributed by atoms with Crippen molar-refractivity contribution in [3.63, 3.8) is 0 Å². The molecule has 0 spiro atoms. The van der Waals surface area contributed by atoms with Gasteiger partial charge in [-0.1, -0.05) is 24.8 Å². The molecular formula is C20H23N5O5S4. The van der Waals surface area contributed by atoms with Gasteiger partial charge in [0, 0.05) is 24.5 Å². The van der Waals surface area contributed by atoms with Gasteiger partial charge in [0.2, 0.25) is 11.1 Å². The van der Waals surface area contributed by atoms with Crippen molar-refractivity contribution in [3.05, 3.63) is 34.6 Å². The number of thiophene rings is 1. The number of nitrogens with zero attached hydrogens (tertiary/aromatic N) is 4. The van der Waals surface area contributed by atoms with E-state index in [1.54, 1.807) is 17.5 Å². The highest BCUT2D eigenvalue weighted by Crippen LogP contribution is 2.41.